The first-order valence-electron chi connectivity index (χ1n) is 4.18. The SMILES string of the molecule is C=CCOc1cc(C)cc(Br)c1C=O. The van der Waals surface area contributed by atoms with E-state index in [9.17, 15) is 4.79 Å². The van der Waals surface area contributed by atoms with Gasteiger partial charge in [-0.25, -0.2) is 0 Å². The molecule has 0 saturated heterocycles. The van der Waals surface area contributed by atoms with Crippen molar-refractivity contribution in [2.45, 2.75) is 6.92 Å². The van der Waals surface area contributed by atoms with E-state index in [0.29, 0.717) is 17.9 Å². The molecule has 3 heteroatoms. The molecule has 0 aliphatic carbocycles. The van der Waals surface area contributed by atoms with Gasteiger partial charge in [0.15, 0.2) is 6.29 Å². The first-order valence-corrected chi connectivity index (χ1v) is 4.97. The zero-order valence-electron chi connectivity index (χ0n) is 7.92. The summed E-state index contributed by atoms with van der Waals surface area (Å²) in [5, 5.41) is 0. The number of halogens is 1. The summed E-state index contributed by atoms with van der Waals surface area (Å²) in [7, 11) is 0. The topological polar surface area (TPSA) is 26.3 Å². The molecule has 0 radical (unpaired) electrons. The van der Waals surface area contributed by atoms with Crippen LogP contribution in [0.2, 0.25) is 0 Å². The van der Waals surface area contributed by atoms with Gasteiger partial charge < -0.3 is 4.74 Å². The Balaban J connectivity index is 3.10. The second-order valence-corrected chi connectivity index (χ2v) is 3.73. The molecule has 0 bridgehead atoms. The first kappa shape index (κ1) is 11.0. The van der Waals surface area contributed by atoms with Gasteiger partial charge in [-0.3, -0.25) is 4.79 Å². The van der Waals surface area contributed by atoms with Crippen LogP contribution in [-0.4, -0.2) is 12.9 Å². The lowest BCUT2D eigenvalue weighted by Gasteiger charge is -2.08. The molecule has 0 fully saturated rings. The highest BCUT2D eigenvalue weighted by molar-refractivity contribution is 9.10. The van der Waals surface area contributed by atoms with Crippen LogP contribution in [0.5, 0.6) is 5.75 Å². The van der Waals surface area contributed by atoms with Crippen molar-refractivity contribution < 1.29 is 9.53 Å². The molecule has 1 rings (SSSR count). The van der Waals surface area contributed by atoms with Crippen LogP contribution < -0.4 is 4.74 Å². The van der Waals surface area contributed by atoms with Gasteiger partial charge in [-0.2, -0.15) is 0 Å². The molecular weight excluding hydrogens is 244 g/mol. The molecule has 0 aliphatic rings. The number of ether oxygens (including phenoxy) is 1. The third-order valence-electron chi connectivity index (χ3n) is 1.71. The highest BCUT2D eigenvalue weighted by Crippen LogP contribution is 2.27. The lowest BCUT2D eigenvalue weighted by atomic mass is 10.1. The number of hydrogen-bond acceptors (Lipinski definition) is 2. The molecule has 14 heavy (non-hydrogen) atoms. The molecule has 0 N–H and O–H groups in total. The van der Waals surface area contributed by atoms with Gasteiger partial charge in [0, 0.05) is 4.47 Å². The number of hydrogen-bond donors (Lipinski definition) is 0. The van der Waals surface area contributed by atoms with Crippen molar-refractivity contribution in [2.24, 2.45) is 0 Å². The molecule has 0 atom stereocenters. The molecule has 0 aliphatic heterocycles. The van der Waals surface area contributed by atoms with Gasteiger partial charge in [-0.15, -0.1) is 0 Å². The fraction of sp³-hybridized carbons (Fsp3) is 0.182. The van der Waals surface area contributed by atoms with Crippen molar-refractivity contribution in [3.8, 4) is 5.75 Å². The van der Waals surface area contributed by atoms with Crippen LogP contribution in [0.4, 0.5) is 0 Å². The summed E-state index contributed by atoms with van der Waals surface area (Å²) >= 11 is 3.31. The van der Waals surface area contributed by atoms with E-state index in [2.05, 4.69) is 22.5 Å². The summed E-state index contributed by atoms with van der Waals surface area (Å²) in [6, 6.07) is 3.71. The summed E-state index contributed by atoms with van der Waals surface area (Å²) in [5.74, 6) is 0.590. The van der Waals surface area contributed by atoms with Crippen LogP contribution in [-0.2, 0) is 0 Å². The Morgan fingerprint density at radius 2 is 2.29 bits per heavy atom. The van der Waals surface area contributed by atoms with Gasteiger partial charge in [-0.1, -0.05) is 12.7 Å². The van der Waals surface area contributed by atoms with Crippen molar-refractivity contribution in [3.05, 3.63) is 40.4 Å². The van der Waals surface area contributed by atoms with E-state index < -0.39 is 0 Å². The van der Waals surface area contributed by atoms with E-state index >= 15 is 0 Å². The molecule has 0 saturated carbocycles. The number of carbonyl (C=O) groups is 1. The minimum atomic E-state index is 0.400. The Morgan fingerprint density at radius 1 is 1.57 bits per heavy atom. The van der Waals surface area contributed by atoms with Crippen molar-refractivity contribution >= 4 is 22.2 Å². The summed E-state index contributed by atoms with van der Waals surface area (Å²) < 4.78 is 6.12. The van der Waals surface area contributed by atoms with E-state index in [4.69, 9.17) is 4.74 Å². The standard InChI is InChI=1S/C11H11BrO2/c1-3-4-14-11-6-8(2)5-10(12)9(11)7-13/h3,5-7H,1,4H2,2H3. The average Bonchev–Trinajstić information content (AvgIpc) is 2.14. The second-order valence-electron chi connectivity index (χ2n) is 2.88. The average molecular weight is 255 g/mol. The predicted octanol–water partition coefficient (Wildman–Crippen LogP) is 3.13. The van der Waals surface area contributed by atoms with Crippen molar-refractivity contribution in [3.63, 3.8) is 0 Å². The maximum atomic E-state index is 10.8. The van der Waals surface area contributed by atoms with E-state index in [-0.39, 0.29) is 0 Å². The van der Waals surface area contributed by atoms with Gasteiger partial charge in [0.25, 0.3) is 0 Å². The fourth-order valence-corrected chi connectivity index (χ4v) is 1.75. The summed E-state index contributed by atoms with van der Waals surface area (Å²) in [5.41, 5.74) is 1.58. The molecule has 74 valence electrons. The number of aldehydes is 1. The van der Waals surface area contributed by atoms with Crippen molar-refractivity contribution in [1.29, 1.82) is 0 Å². The third kappa shape index (κ3) is 2.45. The lowest BCUT2D eigenvalue weighted by molar-refractivity contribution is 0.111. The largest absolute Gasteiger partial charge is 0.489 e. The second kappa shape index (κ2) is 4.96. The molecule has 0 heterocycles. The quantitative estimate of drug-likeness (QED) is 0.610. The minimum Gasteiger partial charge on any atom is -0.489 e. The summed E-state index contributed by atoms with van der Waals surface area (Å²) in [4.78, 5) is 10.8. The number of aryl methyl sites for hydroxylation is 1. The Labute approximate surface area is 91.7 Å². The van der Waals surface area contributed by atoms with Gasteiger partial charge in [0.2, 0.25) is 0 Å². The molecule has 2 nitrogen and oxygen atoms in total. The predicted molar refractivity (Wildman–Crippen MR) is 60.0 cm³/mol. The van der Waals surface area contributed by atoms with E-state index in [1.54, 1.807) is 6.08 Å². The van der Waals surface area contributed by atoms with E-state index in [0.717, 1.165) is 16.3 Å². The fourth-order valence-electron chi connectivity index (χ4n) is 1.10. The van der Waals surface area contributed by atoms with Crippen LogP contribution in [0.25, 0.3) is 0 Å². The normalized spacial score (nSPS) is 9.57. The van der Waals surface area contributed by atoms with Crippen LogP contribution in [0.1, 0.15) is 15.9 Å². The Hall–Kier alpha value is -1.09. The van der Waals surface area contributed by atoms with E-state index in [1.165, 1.54) is 0 Å². The van der Waals surface area contributed by atoms with Crippen molar-refractivity contribution in [1.82, 2.24) is 0 Å². The molecule has 0 aromatic heterocycles. The van der Waals surface area contributed by atoms with Crippen LogP contribution in [0.3, 0.4) is 0 Å². The molecule has 0 unspecified atom stereocenters. The Morgan fingerprint density at radius 3 is 2.86 bits per heavy atom. The monoisotopic (exact) mass is 254 g/mol. The van der Waals surface area contributed by atoms with Crippen LogP contribution >= 0.6 is 15.9 Å². The van der Waals surface area contributed by atoms with Gasteiger partial charge >= 0.3 is 0 Å². The third-order valence-corrected chi connectivity index (χ3v) is 2.37. The lowest BCUT2D eigenvalue weighted by Crippen LogP contribution is -1.98. The van der Waals surface area contributed by atoms with Crippen molar-refractivity contribution in [2.75, 3.05) is 6.61 Å². The van der Waals surface area contributed by atoms with Gasteiger partial charge in [-0.05, 0) is 40.5 Å². The van der Waals surface area contributed by atoms with E-state index in [1.807, 2.05) is 19.1 Å². The number of carbonyl (C=O) groups excluding carboxylic acids is 1. The first-order chi connectivity index (χ1) is 6.69. The highest BCUT2D eigenvalue weighted by Gasteiger charge is 2.07. The van der Waals surface area contributed by atoms with Crippen LogP contribution in [0.15, 0.2) is 29.3 Å². The molecule has 1 aromatic carbocycles. The maximum Gasteiger partial charge on any atom is 0.154 e. The molecular formula is C11H11BrO2. The van der Waals surface area contributed by atoms with Crippen LogP contribution in [0, 0.1) is 6.92 Å². The molecule has 1 aromatic rings. The molecule has 0 spiro atoms. The smallest absolute Gasteiger partial charge is 0.154 e. The number of rotatable bonds is 4. The zero-order chi connectivity index (χ0) is 10.6. The van der Waals surface area contributed by atoms with Gasteiger partial charge in [0.1, 0.15) is 12.4 Å². The van der Waals surface area contributed by atoms with Gasteiger partial charge in [0.05, 0.1) is 5.56 Å². The minimum absolute atomic E-state index is 0.400. The zero-order valence-corrected chi connectivity index (χ0v) is 9.50. The number of benzene rings is 1. The Bertz CT molecular complexity index is 359. The highest BCUT2D eigenvalue weighted by atomic mass is 79.9. The maximum absolute atomic E-state index is 10.8. The summed E-state index contributed by atoms with van der Waals surface area (Å²) in [6.45, 7) is 5.90. The Kier molecular flexibility index (Phi) is 3.89. The molecule has 0 amide bonds. The summed E-state index contributed by atoms with van der Waals surface area (Å²) in [6.07, 6.45) is 2.42.